The van der Waals surface area contributed by atoms with Crippen molar-refractivity contribution in [1.82, 2.24) is 15.0 Å². The van der Waals surface area contributed by atoms with Crippen molar-refractivity contribution in [2.24, 2.45) is 0 Å². The Hall–Kier alpha value is -9.55. The Kier molecular flexibility index (Phi) is 9.09. The molecule has 75 heavy (non-hydrogen) atoms. The van der Waals surface area contributed by atoms with Crippen LogP contribution in [-0.4, -0.2) is 15.0 Å². The maximum atomic E-state index is 6.68. The van der Waals surface area contributed by atoms with E-state index in [0.29, 0.717) is 17.5 Å². The maximum Gasteiger partial charge on any atom is 0.164 e. The third-order valence-electron chi connectivity index (χ3n) is 15.8. The van der Waals surface area contributed by atoms with Crippen LogP contribution in [-0.2, 0) is 5.41 Å². The molecule has 0 fully saturated rings. The summed E-state index contributed by atoms with van der Waals surface area (Å²) < 4.78 is 9.11. The van der Waals surface area contributed by atoms with Crippen LogP contribution in [0.3, 0.4) is 0 Å². The Morgan fingerprint density at radius 2 is 0.760 bits per heavy atom. The van der Waals surface area contributed by atoms with E-state index in [9.17, 15) is 0 Å². The molecular weight excluding hydrogens is 931 g/mol. The zero-order chi connectivity index (χ0) is 49.2. The zero-order valence-corrected chi connectivity index (χ0v) is 41.1. The second-order valence-electron chi connectivity index (χ2n) is 19.7. The molecule has 5 heteroatoms. The molecule has 4 nitrogen and oxygen atoms in total. The van der Waals surface area contributed by atoms with Crippen LogP contribution in [0.5, 0.6) is 0 Å². The highest BCUT2D eigenvalue weighted by molar-refractivity contribution is 7.25. The topological polar surface area (TPSA) is 51.8 Å². The summed E-state index contributed by atoms with van der Waals surface area (Å²) in [6.45, 7) is 0. The van der Waals surface area contributed by atoms with E-state index in [4.69, 9.17) is 19.4 Å². The van der Waals surface area contributed by atoms with Crippen LogP contribution in [0.25, 0.3) is 132 Å². The fourth-order valence-corrected chi connectivity index (χ4v) is 13.7. The molecule has 0 bridgehead atoms. The average Bonchev–Trinajstić information content (AvgIpc) is 4.29. The fraction of sp³-hybridized carbons (Fsp3) is 0.0143. The van der Waals surface area contributed by atoms with E-state index in [1.165, 1.54) is 64.9 Å². The first kappa shape index (κ1) is 42.0. The summed E-state index contributed by atoms with van der Waals surface area (Å²) in [4.78, 5) is 16.1. The van der Waals surface area contributed by atoms with E-state index in [1.54, 1.807) is 11.3 Å². The summed E-state index contributed by atoms with van der Waals surface area (Å²) in [6, 6.07) is 89.8. The molecule has 2 aliphatic rings. The van der Waals surface area contributed by atoms with Gasteiger partial charge in [0.25, 0.3) is 0 Å². The summed E-state index contributed by atoms with van der Waals surface area (Å²) in [5, 5.41) is 4.31. The van der Waals surface area contributed by atoms with E-state index in [2.05, 4.69) is 231 Å². The highest BCUT2D eigenvalue weighted by atomic mass is 32.1. The summed E-state index contributed by atoms with van der Waals surface area (Å²) in [6.07, 6.45) is 0. The Balaban J connectivity index is 0.845. The standard InChI is InChI=1S/C70H41N3OS/c1-2-16-42(17-3-1)43-18-13-21-48(39-43)67-71-68(73-69(72-67)55-27-15-33-64-66(55)53-25-7-11-32-63(53)75-64)54-26-14-31-62-65(54)56-40-46(35-37-61(56)74-62)44-19-12-20-45(38-44)47-34-36-52-51-24-6-10-30-59(51)70(60(52)41-47)57-28-8-4-22-49(57)50-23-5-9-29-58(50)70/h1-41H. The molecule has 11 aromatic carbocycles. The minimum absolute atomic E-state index is 0.407. The Labute approximate surface area is 436 Å². The predicted octanol–water partition coefficient (Wildman–Crippen LogP) is 18.5. The van der Waals surface area contributed by atoms with Crippen molar-refractivity contribution in [1.29, 1.82) is 0 Å². The van der Waals surface area contributed by atoms with Gasteiger partial charge >= 0.3 is 0 Å². The third-order valence-corrected chi connectivity index (χ3v) is 16.9. The molecule has 14 aromatic rings. The summed E-state index contributed by atoms with van der Waals surface area (Å²) in [5.74, 6) is 1.81. The van der Waals surface area contributed by atoms with E-state index in [0.717, 1.165) is 71.8 Å². The number of benzene rings is 11. The number of thiophene rings is 1. The molecule has 0 N–H and O–H groups in total. The molecule has 0 unspecified atom stereocenters. The molecule has 3 heterocycles. The van der Waals surface area contributed by atoms with Crippen molar-refractivity contribution in [3.8, 4) is 89.8 Å². The second-order valence-corrected chi connectivity index (χ2v) is 20.8. The summed E-state index contributed by atoms with van der Waals surface area (Å²) >= 11 is 1.79. The van der Waals surface area contributed by atoms with Gasteiger partial charge in [0.15, 0.2) is 17.5 Å². The monoisotopic (exact) mass is 971 g/mol. The van der Waals surface area contributed by atoms with Crippen LogP contribution in [0.2, 0.25) is 0 Å². The minimum Gasteiger partial charge on any atom is -0.456 e. The summed E-state index contributed by atoms with van der Waals surface area (Å²) in [5.41, 5.74) is 21.3. The number of fused-ring (bicyclic) bond motifs is 16. The van der Waals surface area contributed by atoms with Gasteiger partial charge in [-0.3, -0.25) is 0 Å². The van der Waals surface area contributed by atoms with Gasteiger partial charge in [-0.2, -0.15) is 0 Å². The van der Waals surface area contributed by atoms with Crippen molar-refractivity contribution in [2.75, 3.05) is 0 Å². The summed E-state index contributed by atoms with van der Waals surface area (Å²) in [7, 11) is 0. The molecule has 2 aliphatic carbocycles. The maximum absolute atomic E-state index is 6.68. The lowest BCUT2D eigenvalue weighted by molar-refractivity contribution is 0.669. The van der Waals surface area contributed by atoms with Crippen LogP contribution in [0, 0.1) is 0 Å². The van der Waals surface area contributed by atoms with Gasteiger partial charge < -0.3 is 4.42 Å². The van der Waals surface area contributed by atoms with Gasteiger partial charge in [-0.25, -0.2) is 15.0 Å². The number of hydrogen-bond acceptors (Lipinski definition) is 5. The van der Waals surface area contributed by atoms with E-state index in [1.807, 2.05) is 18.2 Å². The first-order valence-electron chi connectivity index (χ1n) is 25.5. The van der Waals surface area contributed by atoms with Gasteiger partial charge in [0, 0.05) is 47.6 Å². The molecule has 1 spiro atoms. The van der Waals surface area contributed by atoms with Crippen molar-refractivity contribution in [3.05, 3.63) is 271 Å². The molecular formula is C70H41N3OS. The van der Waals surface area contributed by atoms with Crippen molar-refractivity contribution in [3.63, 3.8) is 0 Å². The highest BCUT2D eigenvalue weighted by Gasteiger charge is 2.51. The Morgan fingerprint density at radius 3 is 1.48 bits per heavy atom. The third kappa shape index (κ3) is 6.26. The molecule has 0 saturated heterocycles. The fourth-order valence-electron chi connectivity index (χ4n) is 12.5. The first-order valence-corrected chi connectivity index (χ1v) is 26.3. The lowest BCUT2D eigenvalue weighted by Crippen LogP contribution is -2.25. The quantitative estimate of drug-likeness (QED) is 0.167. The Bertz CT molecular complexity index is 4620. The molecule has 0 atom stereocenters. The lowest BCUT2D eigenvalue weighted by atomic mass is 9.70. The number of rotatable bonds is 6. The van der Waals surface area contributed by atoms with Crippen molar-refractivity contribution < 1.29 is 4.42 Å². The first-order chi connectivity index (χ1) is 37.2. The number of nitrogens with zero attached hydrogens (tertiary/aromatic N) is 3. The number of aromatic nitrogens is 3. The minimum atomic E-state index is -0.407. The molecule has 3 aromatic heterocycles. The molecule has 16 rings (SSSR count). The molecule has 0 saturated carbocycles. The molecule has 0 amide bonds. The SMILES string of the molecule is c1ccc(-c2cccc(-c3nc(-c4cccc5oc6ccc(-c7cccc(-c8ccc9c(c8)C8(c%10ccccc%10-c%10ccccc%108)c8ccccc8-9)c7)cc6c45)nc(-c4cccc5sc6ccccc6c45)n3)c2)cc1. The normalized spacial score (nSPS) is 12.9. The van der Waals surface area contributed by atoms with E-state index in [-0.39, 0.29) is 0 Å². The van der Waals surface area contributed by atoms with Gasteiger partial charge in [0.05, 0.1) is 5.41 Å². The molecule has 0 radical (unpaired) electrons. The van der Waals surface area contributed by atoms with Gasteiger partial charge in [0.1, 0.15) is 11.2 Å². The highest BCUT2D eigenvalue weighted by Crippen LogP contribution is 2.63. The van der Waals surface area contributed by atoms with Crippen molar-refractivity contribution in [2.45, 2.75) is 5.41 Å². The predicted molar refractivity (Wildman–Crippen MR) is 309 cm³/mol. The smallest absolute Gasteiger partial charge is 0.164 e. The zero-order valence-electron chi connectivity index (χ0n) is 40.3. The molecule has 348 valence electrons. The van der Waals surface area contributed by atoms with Gasteiger partial charge in [-0.05, 0) is 126 Å². The number of furan rings is 1. The molecule has 0 aliphatic heterocycles. The van der Waals surface area contributed by atoms with Crippen LogP contribution in [0.15, 0.2) is 253 Å². The number of hydrogen-bond donors (Lipinski definition) is 0. The van der Waals surface area contributed by atoms with Gasteiger partial charge in [-0.15, -0.1) is 11.3 Å². The largest absolute Gasteiger partial charge is 0.456 e. The average molecular weight is 972 g/mol. The Morgan fingerprint density at radius 1 is 0.280 bits per heavy atom. The lowest BCUT2D eigenvalue weighted by Gasteiger charge is -2.30. The van der Waals surface area contributed by atoms with Crippen LogP contribution in [0.4, 0.5) is 0 Å². The second kappa shape index (κ2) is 16.2. The van der Waals surface area contributed by atoms with Crippen LogP contribution < -0.4 is 0 Å². The van der Waals surface area contributed by atoms with Crippen LogP contribution in [0.1, 0.15) is 22.3 Å². The van der Waals surface area contributed by atoms with E-state index < -0.39 is 5.41 Å². The van der Waals surface area contributed by atoms with Crippen molar-refractivity contribution >= 4 is 53.4 Å². The van der Waals surface area contributed by atoms with Gasteiger partial charge in [-0.1, -0.05) is 200 Å². The van der Waals surface area contributed by atoms with E-state index >= 15 is 0 Å². The van der Waals surface area contributed by atoms with Gasteiger partial charge in [0.2, 0.25) is 0 Å². The van der Waals surface area contributed by atoms with Crippen LogP contribution >= 0.6 is 11.3 Å².